The first-order valence-electron chi connectivity index (χ1n) is 8.35. The van der Waals surface area contributed by atoms with Crippen LogP contribution in [0.25, 0.3) is 0 Å². The standard InChI is InChI=1S/C18H21ClN4O/c19-14-7-4-8-15(11-14)21-17-10-9-16(22-23-17)18(24)20-12-13-5-2-1-3-6-13/h4,7-11,13H,1-3,5-6,12H2,(H,20,24)(H,21,23). The van der Waals surface area contributed by atoms with E-state index in [0.29, 0.717) is 22.5 Å². The van der Waals surface area contributed by atoms with Crippen LogP contribution in [0.15, 0.2) is 36.4 Å². The van der Waals surface area contributed by atoms with Gasteiger partial charge in [-0.2, -0.15) is 0 Å². The molecule has 6 heteroatoms. The van der Waals surface area contributed by atoms with Crippen LogP contribution in [0, 0.1) is 5.92 Å². The average Bonchev–Trinajstić information content (AvgIpc) is 2.61. The number of nitrogens with zero attached hydrogens (tertiary/aromatic N) is 2. The Morgan fingerprint density at radius 3 is 2.67 bits per heavy atom. The van der Waals surface area contributed by atoms with Gasteiger partial charge in [0.05, 0.1) is 0 Å². The summed E-state index contributed by atoms with van der Waals surface area (Å²) in [5.41, 5.74) is 1.16. The van der Waals surface area contributed by atoms with Crippen molar-refractivity contribution in [2.75, 3.05) is 11.9 Å². The smallest absolute Gasteiger partial charge is 0.271 e. The number of hydrogen-bond donors (Lipinski definition) is 2. The van der Waals surface area contributed by atoms with Crippen LogP contribution in [-0.2, 0) is 0 Å². The number of carbonyl (C=O) groups is 1. The highest BCUT2D eigenvalue weighted by molar-refractivity contribution is 6.30. The quantitative estimate of drug-likeness (QED) is 0.853. The Hall–Kier alpha value is -2.14. The molecule has 5 nitrogen and oxygen atoms in total. The molecule has 126 valence electrons. The number of carbonyl (C=O) groups excluding carboxylic acids is 1. The molecule has 2 aromatic rings. The number of nitrogens with one attached hydrogen (secondary N) is 2. The fraction of sp³-hybridized carbons (Fsp3) is 0.389. The zero-order valence-corrected chi connectivity index (χ0v) is 14.2. The molecule has 0 radical (unpaired) electrons. The summed E-state index contributed by atoms with van der Waals surface area (Å²) in [6.07, 6.45) is 6.26. The lowest BCUT2D eigenvalue weighted by molar-refractivity contribution is 0.0937. The molecule has 0 aliphatic heterocycles. The molecule has 1 saturated carbocycles. The van der Waals surface area contributed by atoms with E-state index < -0.39 is 0 Å². The third-order valence-corrected chi connectivity index (χ3v) is 4.51. The van der Waals surface area contributed by atoms with Gasteiger partial charge >= 0.3 is 0 Å². The first-order chi connectivity index (χ1) is 11.7. The normalized spacial score (nSPS) is 15.0. The van der Waals surface area contributed by atoms with Crippen molar-refractivity contribution < 1.29 is 4.79 Å². The number of hydrogen-bond acceptors (Lipinski definition) is 4. The molecule has 1 aliphatic rings. The molecule has 24 heavy (non-hydrogen) atoms. The molecular weight excluding hydrogens is 324 g/mol. The van der Waals surface area contributed by atoms with Crippen molar-refractivity contribution in [3.8, 4) is 0 Å². The number of halogens is 1. The summed E-state index contributed by atoms with van der Waals surface area (Å²) in [7, 11) is 0. The van der Waals surface area contributed by atoms with E-state index in [9.17, 15) is 4.79 Å². The van der Waals surface area contributed by atoms with Crippen molar-refractivity contribution >= 4 is 29.0 Å². The van der Waals surface area contributed by atoms with Crippen LogP contribution in [0.5, 0.6) is 0 Å². The van der Waals surface area contributed by atoms with E-state index in [2.05, 4.69) is 20.8 Å². The Balaban J connectivity index is 1.54. The van der Waals surface area contributed by atoms with Gasteiger partial charge in [-0.25, -0.2) is 0 Å². The zero-order valence-electron chi connectivity index (χ0n) is 13.5. The summed E-state index contributed by atoms with van der Waals surface area (Å²) in [4.78, 5) is 12.2. The van der Waals surface area contributed by atoms with Crippen LogP contribution in [0.3, 0.4) is 0 Å². The lowest BCUT2D eigenvalue weighted by Gasteiger charge is -2.21. The minimum Gasteiger partial charge on any atom is -0.350 e. The fourth-order valence-electron chi connectivity index (χ4n) is 2.95. The highest BCUT2D eigenvalue weighted by atomic mass is 35.5. The molecule has 1 aromatic carbocycles. The van der Waals surface area contributed by atoms with Gasteiger partial charge in [0.15, 0.2) is 11.5 Å². The van der Waals surface area contributed by atoms with Crippen LogP contribution in [-0.4, -0.2) is 22.6 Å². The van der Waals surface area contributed by atoms with Gasteiger partial charge in [-0.05, 0) is 49.1 Å². The monoisotopic (exact) mass is 344 g/mol. The predicted molar refractivity (Wildman–Crippen MR) is 95.7 cm³/mol. The summed E-state index contributed by atoms with van der Waals surface area (Å²) in [5.74, 6) is 1.00. The molecule has 0 bridgehead atoms. The highest BCUT2D eigenvalue weighted by Gasteiger charge is 2.15. The van der Waals surface area contributed by atoms with Crippen LogP contribution in [0.2, 0.25) is 5.02 Å². The Labute approximate surface area is 146 Å². The van der Waals surface area contributed by atoms with Crippen molar-refractivity contribution in [2.45, 2.75) is 32.1 Å². The number of anilines is 2. The number of aromatic nitrogens is 2. The minimum atomic E-state index is -0.164. The number of rotatable bonds is 5. The molecule has 1 amide bonds. The van der Waals surface area contributed by atoms with Gasteiger partial charge in [0.1, 0.15) is 0 Å². The summed E-state index contributed by atoms with van der Waals surface area (Å²) in [5, 5.41) is 14.8. The topological polar surface area (TPSA) is 66.9 Å². The van der Waals surface area contributed by atoms with Gasteiger partial charge in [0, 0.05) is 17.3 Å². The summed E-state index contributed by atoms with van der Waals surface area (Å²) >= 11 is 5.95. The molecule has 1 aliphatic carbocycles. The number of benzene rings is 1. The molecule has 0 atom stereocenters. The average molecular weight is 345 g/mol. The van der Waals surface area contributed by atoms with Crippen LogP contribution >= 0.6 is 11.6 Å². The van der Waals surface area contributed by atoms with Crippen molar-refractivity contribution in [3.05, 3.63) is 47.1 Å². The SMILES string of the molecule is O=C(NCC1CCCCC1)c1ccc(Nc2cccc(Cl)c2)nn1. The third-order valence-electron chi connectivity index (χ3n) is 4.27. The first kappa shape index (κ1) is 16.7. The van der Waals surface area contributed by atoms with Gasteiger partial charge in [-0.3, -0.25) is 4.79 Å². The van der Waals surface area contributed by atoms with Crippen LogP contribution in [0.1, 0.15) is 42.6 Å². The molecule has 3 rings (SSSR count). The molecule has 0 spiro atoms. The highest BCUT2D eigenvalue weighted by Crippen LogP contribution is 2.23. The van der Waals surface area contributed by atoms with Crippen LogP contribution < -0.4 is 10.6 Å². The van der Waals surface area contributed by atoms with E-state index in [-0.39, 0.29) is 5.91 Å². The van der Waals surface area contributed by atoms with Gasteiger partial charge in [-0.1, -0.05) is 36.9 Å². The summed E-state index contributed by atoms with van der Waals surface area (Å²) in [6, 6.07) is 10.8. The largest absolute Gasteiger partial charge is 0.350 e. The Bertz CT molecular complexity index is 684. The second kappa shape index (κ2) is 8.11. The molecule has 1 fully saturated rings. The third kappa shape index (κ3) is 4.68. The summed E-state index contributed by atoms with van der Waals surface area (Å²) < 4.78 is 0. The maximum Gasteiger partial charge on any atom is 0.271 e. The van der Waals surface area contributed by atoms with Gasteiger partial charge in [0.2, 0.25) is 0 Å². The lowest BCUT2D eigenvalue weighted by Crippen LogP contribution is -2.30. The van der Waals surface area contributed by atoms with E-state index in [4.69, 9.17) is 11.6 Å². The van der Waals surface area contributed by atoms with Crippen molar-refractivity contribution in [2.24, 2.45) is 5.92 Å². The maximum absolute atomic E-state index is 12.2. The molecule has 0 saturated heterocycles. The van der Waals surface area contributed by atoms with E-state index in [1.807, 2.05) is 12.1 Å². The Kier molecular flexibility index (Phi) is 5.64. The van der Waals surface area contributed by atoms with E-state index in [1.54, 1.807) is 24.3 Å². The van der Waals surface area contributed by atoms with Crippen molar-refractivity contribution in [3.63, 3.8) is 0 Å². The van der Waals surface area contributed by atoms with Crippen molar-refractivity contribution in [1.29, 1.82) is 0 Å². The Morgan fingerprint density at radius 2 is 1.96 bits per heavy atom. The van der Waals surface area contributed by atoms with Crippen LogP contribution in [0.4, 0.5) is 11.5 Å². The molecule has 0 unspecified atom stereocenters. The molecule has 2 N–H and O–H groups in total. The predicted octanol–water partition coefficient (Wildman–Crippen LogP) is 4.18. The number of amides is 1. The molecule has 1 heterocycles. The van der Waals surface area contributed by atoms with Gasteiger partial charge in [0.25, 0.3) is 5.91 Å². The van der Waals surface area contributed by atoms with E-state index >= 15 is 0 Å². The van der Waals surface area contributed by atoms with E-state index in [1.165, 1.54) is 32.1 Å². The molecular formula is C18H21ClN4O. The van der Waals surface area contributed by atoms with Gasteiger partial charge < -0.3 is 10.6 Å². The minimum absolute atomic E-state index is 0.164. The Morgan fingerprint density at radius 1 is 1.12 bits per heavy atom. The summed E-state index contributed by atoms with van der Waals surface area (Å²) in [6.45, 7) is 0.725. The second-order valence-corrected chi connectivity index (χ2v) is 6.59. The van der Waals surface area contributed by atoms with Gasteiger partial charge in [-0.15, -0.1) is 10.2 Å². The zero-order chi connectivity index (χ0) is 16.8. The molecule has 1 aromatic heterocycles. The lowest BCUT2D eigenvalue weighted by atomic mass is 9.89. The van der Waals surface area contributed by atoms with E-state index in [0.717, 1.165) is 12.2 Å². The van der Waals surface area contributed by atoms with Crippen molar-refractivity contribution in [1.82, 2.24) is 15.5 Å². The fourth-order valence-corrected chi connectivity index (χ4v) is 3.14. The first-order valence-corrected chi connectivity index (χ1v) is 8.73. The maximum atomic E-state index is 12.2. The second-order valence-electron chi connectivity index (χ2n) is 6.15.